The third kappa shape index (κ3) is 7.14. The lowest BCUT2D eigenvalue weighted by Gasteiger charge is -2.25. The van der Waals surface area contributed by atoms with Crippen molar-refractivity contribution < 1.29 is 17.9 Å². The third-order valence-electron chi connectivity index (χ3n) is 5.16. The summed E-state index contributed by atoms with van der Waals surface area (Å²) in [7, 11) is -2.48. The Labute approximate surface area is 190 Å². The lowest BCUT2D eigenvalue weighted by atomic mass is 9.99. The van der Waals surface area contributed by atoms with E-state index in [0.29, 0.717) is 28.9 Å². The van der Waals surface area contributed by atoms with Crippen molar-refractivity contribution in [3.63, 3.8) is 0 Å². The molecule has 1 atom stereocenters. The minimum atomic E-state index is -3.99. The van der Waals surface area contributed by atoms with Gasteiger partial charge in [-0.3, -0.25) is 9.10 Å². The molecule has 0 aliphatic carbocycles. The van der Waals surface area contributed by atoms with E-state index >= 15 is 0 Å². The molecule has 2 aromatic carbocycles. The van der Waals surface area contributed by atoms with E-state index in [9.17, 15) is 13.2 Å². The first kappa shape index (κ1) is 25.0. The van der Waals surface area contributed by atoms with Gasteiger partial charge in [-0.25, -0.2) is 8.42 Å². The first-order valence-corrected chi connectivity index (χ1v) is 12.3. The molecule has 170 valence electrons. The molecule has 0 fully saturated rings. The highest BCUT2D eigenvalue weighted by molar-refractivity contribution is 7.92. The minimum Gasteiger partial charge on any atom is -0.497 e. The van der Waals surface area contributed by atoms with Gasteiger partial charge in [0.25, 0.3) is 10.0 Å². The van der Waals surface area contributed by atoms with E-state index in [1.165, 1.54) is 25.3 Å². The fraction of sp³-hybridized carbons (Fsp3) is 0.435. The van der Waals surface area contributed by atoms with Crippen LogP contribution in [0.25, 0.3) is 0 Å². The summed E-state index contributed by atoms with van der Waals surface area (Å²) >= 11 is 6.09. The fourth-order valence-corrected chi connectivity index (χ4v) is 4.81. The van der Waals surface area contributed by atoms with E-state index in [0.717, 1.165) is 30.0 Å². The number of benzene rings is 2. The molecule has 0 radical (unpaired) electrons. The number of sulfonamides is 1. The number of amides is 1. The number of hydrogen-bond donors (Lipinski definition) is 1. The Hall–Kier alpha value is -2.25. The molecule has 0 aromatic heterocycles. The van der Waals surface area contributed by atoms with E-state index in [4.69, 9.17) is 16.3 Å². The van der Waals surface area contributed by atoms with Crippen molar-refractivity contribution in [3.8, 4) is 5.75 Å². The maximum Gasteiger partial charge on any atom is 0.264 e. The molecule has 1 N–H and O–H groups in total. The van der Waals surface area contributed by atoms with Crippen LogP contribution >= 0.6 is 11.6 Å². The van der Waals surface area contributed by atoms with Gasteiger partial charge >= 0.3 is 0 Å². The van der Waals surface area contributed by atoms with Gasteiger partial charge in [-0.05, 0) is 54.8 Å². The number of halogens is 1. The summed E-state index contributed by atoms with van der Waals surface area (Å²) in [5, 5.41) is 3.29. The Morgan fingerprint density at radius 2 is 1.87 bits per heavy atom. The number of carbonyl (C=O) groups is 1. The quantitative estimate of drug-likeness (QED) is 0.483. The fourth-order valence-electron chi connectivity index (χ4n) is 3.21. The van der Waals surface area contributed by atoms with Gasteiger partial charge in [0.2, 0.25) is 5.91 Å². The summed E-state index contributed by atoms with van der Waals surface area (Å²) in [6, 6.07) is 12.5. The van der Waals surface area contributed by atoms with Crippen LogP contribution in [0.1, 0.15) is 39.5 Å². The van der Waals surface area contributed by atoms with Crippen molar-refractivity contribution in [1.82, 2.24) is 5.32 Å². The average Bonchev–Trinajstić information content (AvgIpc) is 2.77. The zero-order valence-electron chi connectivity index (χ0n) is 18.3. The highest BCUT2D eigenvalue weighted by atomic mass is 35.5. The molecule has 0 saturated heterocycles. The molecule has 1 amide bonds. The molecule has 0 aliphatic heterocycles. The topological polar surface area (TPSA) is 75.7 Å². The van der Waals surface area contributed by atoms with Crippen LogP contribution in [0.2, 0.25) is 5.02 Å². The maximum absolute atomic E-state index is 13.4. The van der Waals surface area contributed by atoms with Gasteiger partial charge in [0.1, 0.15) is 12.3 Å². The highest BCUT2D eigenvalue weighted by Crippen LogP contribution is 2.27. The number of nitrogens with zero attached hydrogens (tertiary/aromatic N) is 1. The number of unbranched alkanes of at least 4 members (excludes halogenated alkanes) is 1. The maximum atomic E-state index is 13.4. The highest BCUT2D eigenvalue weighted by Gasteiger charge is 2.27. The smallest absolute Gasteiger partial charge is 0.264 e. The van der Waals surface area contributed by atoms with Crippen molar-refractivity contribution >= 4 is 33.2 Å². The van der Waals surface area contributed by atoms with Crippen LogP contribution in [0.3, 0.4) is 0 Å². The molecule has 2 rings (SSSR count). The van der Waals surface area contributed by atoms with Crippen LogP contribution in [0.4, 0.5) is 5.69 Å². The number of hydrogen-bond acceptors (Lipinski definition) is 4. The largest absolute Gasteiger partial charge is 0.497 e. The average molecular weight is 467 g/mol. The van der Waals surface area contributed by atoms with Gasteiger partial charge in [-0.1, -0.05) is 50.8 Å². The third-order valence-corrected chi connectivity index (χ3v) is 7.19. The molecule has 0 bridgehead atoms. The number of carbonyl (C=O) groups excluding carboxylic acids is 1. The van der Waals surface area contributed by atoms with E-state index in [2.05, 4.69) is 19.2 Å². The van der Waals surface area contributed by atoms with E-state index in [1.54, 1.807) is 30.3 Å². The van der Waals surface area contributed by atoms with Gasteiger partial charge in [0.15, 0.2) is 0 Å². The number of ether oxygens (including phenoxy) is 1. The van der Waals surface area contributed by atoms with Crippen LogP contribution < -0.4 is 14.4 Å². The molecule has 6 nitrogen and oxygen atoms in total. The number of rotatable bonds is 12. The first-order valence-electron chi connectivity index (χ1n) is 10.5. The lowest BCUT2D eigenvalue weighted by molar-refractivity contribution is -0.119. The van der Waals surface area contributed by atoms with Crippen LogP contribution in [0, 0.1) is 5.92 Å². The van der Waals surface area contributed by atoms with Crippen molar-refractivity contribution in [1.29, 1.82) is 0 Å². The van der Waals surface area contributed by atoms with Gasteiger partial charge in [-0.15, -0.1) is 0 Å². The Kier molecular flexibility index (Phi) is 9.65. The second kappa shape index (κ2) is 12.0. The predicted molar refractivity (Wildman–Crippen MR) is 125 cm³/mol. The molecule has 0 unspecified atom stereocenters. The van der Waals surface area contributed by atoms with Gasteiger partial charge < -0.3 is 10.1 Å². The Morgan fingerprint density at radius 3 is 2.45 bits per heavy atom. The van der Waals surface area contributed by atoms with E-state index < -0.39 is 10.0 Å². The monoisotopic (exact) mass is 466 g/mol. The van der Waals surface area contributed by atoms with Gasteiger partial charge in [0, 0.05) is 11.6 Å². The Morgan fingerprint density at radius 1 is 1.16 bits per heavy atom. The summed E-state index contributed by atoms with van der Waals surface area (Å²) in [5.41, 5.74) is 0.330. The van der Waals surface area contributed by atoms with Crippen LogP contribution in [-0.4, -0.2) is 34.5 Å². The Balaban J connectivity index is 2.25. The van der Waals surface area contributed by atoms with Crippen LogP contribution in [0.15, 0.2) is 53.4 Å². The molecule has 8 heteroatoms. The van der Waals surface area contributed by atoms with E-state index in [1.807, 2.05) is 0 Å². The molecular formula is C23H31ClN2O4S. The van der Waals surface area contributed by atoms with E-state index in [-0.39, 0.29) is 17.3 Å². The standard InChI is InChI=1S/C23H31ClN2O4S/c1-4-6-8-18(5-2)16-25-23(27)17-26(20-10-7-9-19(24)15-20)31(28,29)22-13-11-21(30-3)12-14-22/h7,9-15,18H,4-6,8,16-17H2,1-3H3,(H,25,27)/t18-/m0/s1. The SMILES string of the molecule is CCCC[C@H](CC)CNC(=O)CN(c1cccc(Cl)c1)S(=O)(=O)c1ccc(OC)cc1. The summed E-state index contributed by atoms with van der Waals surface area (Å²) in [5.74, 6) is 0.567. The van der Waals surface area contributed by atoms with Crippen molar-refractivity contribution in [2.45, 2.75) is 44.4 Å². The normalized spacial score (nSPS) is 12.3. The van der Waals surface area contributed by atoms with Crippen molar-refractivity contribution in [3.05, 3.63) is 53.6 Å². The number of nitrogens with one attached hydrogen (secondary N) is 1. The minimum absolute atomic E-state index is 0.0652. The number of anilines is 1. The second-order valence-corrected chi connectivity index (χ2v) is 9.69. The second-order valence-electron chi connectivity index (χ2n) is 7.39. The zero-order valence-corrected chi connectivity index (χ0v) is 19.9. The lowest BCUT2D eigenvalue weighted by Crippen LogP contribution is -2.42. The summed E-state index contributed by atoms with van der Waals surface area (Å²) in [4.78, 5) is 12.8. The molecule has 2 aromatic rings. The van der Waals surface area contributed by atoms with Crippen LogP contribution in [-0.2, 0) is 14.8 Å². The molecule has 0 spiro atoms. The molecule has 0 heterocycles. The Bertz CT molecular complexity index is 948. The number of methoxy groups -OCH3 is 1. The zero-order chi connectivity index (χ0) is 22.9. The molecule has 0 aliphatic rings. The summed E-state index contributed by atoms with van der Waals surface area (Å²) in [6.45, 7) is 4.43. The van der Waals surface area contributed by atoms with Crippen molar-refractivity contribution in [2.75, 3.05) is 24.5 Å². The van der Waals surface area contributed by atoms with Gasteiger partial charge in [-0.2, -0.15) is 0 Å². The van der Waals surface area contributed by atoms with Crippen molar-refractivity contribution in [2.24, 2.45) is 5.92 Å². The van der Waals surface area contributed by atoms with Gasteiger partial charge in [0.05, 0.1) is 17.7 Å². The van der Waals surface area contributed by atoms with Crippen LogP contribution in [0.5, 0.6) is 5.75 Å². The summed E-state index contributed by atoms with van der Waals surface area (Å²) < 4.78 is 33.0. The molecule has 0 saturated carbocycles. The predicted octanol–water partition coefficient (Wildman–Crippen LogP) is 4.88. The summed E-state index contributed by atoms with van der Waals surface area (Å²) in [6.07, 6.45) is 4.21. The molecule has 31 heavy (non-hydrogen) atoms. The molecular weight excluding hydrogens is 436 g/mol. The first-order chi connectivity index (χ1) is 14.8.